The lowest BCUT2D eigenvalue weighted by molar-refractivity contribution is -0.142. The highest BCUT2D eigenvalue weighted by Crippen LogP contribution is 2.36. The van der Waals surface area contributed by atoms with Gasteiger partial charge in [0.1, 0.15) is 11.7 Å². The van der Waals surface area contributed by atoms with Crippen molar-refractivity contribution in [1.82, 2.24) is 14.9 Å². The molecule has 1 aliphatic rings. The van der Waals surface area contributed by atoms with E-state index < -0.39 is 23.7 Å². The van der Waals surface area contributed by atoms with E-state index in [2.05, 4.69) is 9.97 Å². The van der Waals surface area contributed by atoms with Crippen molar-refractivity contribution in [2.75, 3.05) is 6.54 Å². The molecule has 1 aromatic carbocycles. The van der Waals surface area contributed by atoms with Gasteiger partial charge in [-0.25, -0.2) is 0 Å². The third-order valence-corrected chi connectivity index (χ3v) is 5.13. The Morgan fingerprint density at radius 2 is 1.93 bits per heavy atom. The standard InChI is InChI=1S/C21H19N3O3/c1-13(25)18-19(17-8-4-5-10-22-17)24(21(27)20(18)26)11-9-14-12-23-16-7-3-2-6-15(14)16/h2-8,10,12,18-19,23H,9,11H2,1H3. The number of aromatic nitrogens is 2. The number of benzene rings is 1. The van der Waals surface area contributed by atoms with Gasteiger partial charge < -0.3 is 9.88 Å². The molecule has 2 atom stereocenters. The van der Waals surface area contributed by atoms with Crippen molar-refractivity contribution >= 4 is 28.4 Å². The van der Waals surface area contributed by atoms with E-state index >= 15 is 0 Å². The summed E-state index contributed by atoms with van der Waals surface area (Å²) in [5, 5.41) is 1.09. The number of nitrogens with zero attached hydrogens (tertiary/aromatic N) is 2. The summed E-state index contributed by atoms with van der Waals surface area (Å²) in [6.07, 6.45) is 4.11. The first kappa shape index (κ1) is 17.1. The van der Waals surface area contributed by atoms with Crippen molar-refractivity contribution in [3.8, 4) is 0 Å². The van der Waals surface area contributed by atoms with Gasteiger partial charge in [-0.1, -0.05) is 24.3 Å². The summed E-state index contributed by atoms with van der Waals surface area (Å²) in [4.78, 5) is 46.2. The van der Waals surface area contributed by atoms with E-state index in [9.17, 15) is 14.4 Å². The minimum atomic E-state index is -0.990. The molecule has 3 aromatic rings. The molecule has 0 bridgehead atoms. The molecular formula is C21H19N3O3. The molecule has 4 rings (SSSR count). The number of fused-ring (bicyclic) bond motifs is 1. The number of hydrogen-bond acceptors (Lipinski definition) is 4. The third-order valence-electron chi connectivity index (χ3n) is 5.13. The number of para-hydroxylation sites is 1. The van der Waals surface area contributed by atoms with Crippen LogP contribution in [0.5, 0.6) is 0 Å². The first-order valence-corrected chi connectivity index (χ1v) is 8.89. The first-order valence-electron chi connectivity index (χ1n) is 8.89. The van der Waals surface area contributed by atoms with E-state index in [0.29, 0.717) is 18.7 Å². The lowest BCUT2D eigenvalue weighted by atomic mass is 9.92. The number of carbonyl (C=O) groups is 3. The zero-order chi connectivity index (χ0) is 19.0. The number of hydrogen-bond donors (Lipinski definition) is 1. The van der Waals surface area contributed by atoms with Crippen LogP contribution < -0.4 is 0 Å². The number of Topliss-reactive ketones (excluding diaryl/α,β-unsaturated/α-hetero) is 2. The molecule has 0 saturated carbocycles. The second-order valence-corrected chi connectivity index (χ2v) is 6.76. The van der Waals surface area contributed by atoms with E-state index in [4.69, 9.17) is 0 Å². The average Bonchev–Trinajstić information content (AvgIpc) is 3.20. The predicted molar refractivity (Wildman–Crippen MR) is 99.9 cm³/mol. The van der Waals surface area contributed by atoms with Crippen LogP contribution >= 0.6 is 0 Å². The molecule has 2 aromatic heterocycles. The van der Waals surface area contributed by atoms with Crippen LogP contribution in [0.15, 0.2) is 54.9 Å². The maximum atomic E-state index is 12.6. The summed E-state index contributed by atoms with van der Waals surface area (Å²) >= 11 is 0. The Hall–Kier alpha value is -3.28. The molecule has 0 aliphatic carbocycles. The zero-order valence-electron chi connectivity index (χ0n) is 14.9. The van der Waals surface area contributed by atoms with E-state index in [1.807, 2.05) is 30.5 Å². The number of ketones is 2. The van der Waals surface area contributed by atoms with Crippen LogP contribution in [0.3, 0.4) is 0 Å². The summed E-state index contributed by atoms with van der Waals surface area (Å²) in [5.41, 5.74) is 2.66. The Morgan fingerprint density at radius 3 is 2.67 bits per heavy atom. The van der Waals surface area contributed by atoms with Crippen LogP contribution in [0.25, 0.3) is 10.9 Å². The number of amides is 1. The number of nitrogens with one attached hydrogen (secondary N) is 1. The Labute approximate surface area is 156 Å². The van der Waals surface area contributed by atoms with Crippen LogP contribution in [-0.2, 0) is 20.8 Å². The molecule has 27 heavy (non-hydrogen) atoms. The minimum absolute atomic E-state index is 0.307. The van der Waals surface area contributed by atoms with Crippen molar-refractivity contribution < 1.29 is 14.4 Å². The molecule has 1 fully saturated rings. The quantitative estimate of drug-likeness (QED) is 0.559. The van der Waals surface area contributed by atoms with Gasteiger partial charge in [-0.15, -0.1) is 0 Å². The maximum absolute atomic E-state index is 12.6. The minimum Gasteiger partial charge on any atom is -0.361 e. The van der Waals surface area contributed by atoms with Crippen LogP contribution in [0, 0.1) is 5.92 Å². The molecule has 2 unspecified atom stereocenters. The number of H-pyrrole nitrogens is 1. The second kappa shape index (κ2) is 6.79. The summed E-state index contributed by atoms with van der Waals surface area (Å²) in [5.74, 6) is -2.54. The average molecular weight is 361 g/mol. The van der Waals surface area contributed by atoms with Gasteiger partial charge in [0.15, 0.2) is 0 Å². The van der Waals surface area contributed by atoms with Gasteiger partial charge in [-0.2, -0.15) is 0 Å². The van der Waals surface area contributed by atoms with Crippen molar-refractivity contribution in [1.29, 1.82) is 0 Å². The third kappa shape index (κ3) is 2.93. The van der Waals surface area contributed by atoms with Crippen LogP contribution in [0.4, 0.5) is 0 Å². The van der Waals surface area contributed by atoms with Crippen molar-refractivity contribution in [3.05, 3.63) is 66.1 Å². The summed E-state index contributed by atoms with van der Waals surface area (Å²) in [6.45, 7) is 1.70. The number of rotatable bonds is 5. The SMILES string of the molecule is CC(=O)C1C(=O)C(=O)N(CCc2c[nH]c3ccccc23)C1c1ccccn1. The van der Waals surface area contributed by atoms with Crippen molar-refractivity contribution in [2.45, 2.75) is 19.4 Å². The Morgan fingerprint density at radius 1 is 1.15 bits per heavy atom. The molecule has 1 N–H and O–H groups in total. The van der Waals surface area contributed by atoms with Gasteiger partial charge in [0.05, 0.1) is 11.7 Å². The van der Waals surface area contributed by atoms with E-state index in [1.165, 1.54) is 11.8 Å². The normalized spacial score (nSPS) is 19.8. The van der Waals surface area contributed by atoms with Crippen molar-refractivity contribution in [2.24, 2.45) is 5.92 Å². The molecule has 3 heterocycles. The topological polar surface area (TPSA) is 83.1 Å². The largest absolute Gasteiger partial charge is 0.361 e. The fraction of sp³-hybridized carbons (Fsp3) is 0.238. The van der Waals surface area contributed by atoms with Gasteiger partial charge in [-0.05, 0) is 37.1 Å². The number of pyridine rings is 1. The second-order valence-electron chi connectivity index (χ2n) is 6.76. The lowest BCUT2D eigenvalue weighted by Crippen LogP contribution is -2.32. The van der Waals surface area contributed by atoms with Crippen molar-refractivity contribution in [3.63, 3.8) is 0 Å². The number of aromatic amines is 1. The van der Waals surface area contributed by atoms with E-state index in [0.717, 1.165) is 16.5 Å². The molecule has 6 nitrogen and oxygen atoms in total. The lowest BCUT2D eigenvalue weighted by Gasteiger charge is -2.25. The molecule has 1 aliphatic heterocycles. The highest BCUT2D eigenvalue weighted by atomic mass is 16.2. The Kier molecular flexibility index (Phi) is 4.32. The van der Waals surface area contributed by atoms with Crippen LogP contribution in [-0.4, -0.2) is 38.9 Å². The molecule has 6 heteroatoms. The van der Waals surface area contributed by atoms with Gasteiger partial charge in [0.25, 0.3) is 5.91 Å². The molecular weight excluding hydrogens is 342 g/mol. The highest BCUT2D eigenvalue weighted by Gasteiger charge is 2.50. The number of carbonyl (C=O) groups excluding carboxylic acids is 3. The molecule has 1 amide bonds. The fourth-order valence-electron chi connectivity index (χ4n) is 3.83. The monoisotopic (exact) mass is 361 g/mol. The fourth-order valence-corrected chi connectivity index (χ4v) is 3.83. The van der Waals surface area contributed by atoms with Crippen LogP contribution in [0.2, 0.25) is 0 Å². The van der Waals surface area contributed by atoms with Gasteiger partial charge >= 0.3 is 0 Å². The van der Waals surface area contributed by atoms with Gasteiger partial charge in [-0.3, -0.25) is 19.4 Å². The van der Waals surface area contributed by atoms with E-state index in [-0.39, 0.29) is 5.78 Å². The summed E-state index contributed by atoms with van der Waals surface area (Å²) in [6, 6.07) is 12.6. The smallest absolute Gasteiger partial charge is 0.291 e. The highest BCUT2D eigenvalue weighted by molar-refractivity contribution is 6.42. The van der Waals surface area contributed by atoms with Crippen LogP contribution in [0.1, 0.15) is 24.2 Å². The number of likely N-dealkylation sites (tertiary alicyclic amines) is 1. The predicted octanol–water partition coefficient (Wildman–Crippen LogP) is 2.46. The van der Waals surface area contributed by atoms with Gasteiger partial charge in [0, 0.05) is 29.8 Å². The van der Waals surface area contributed by atoms with E-state index in [1.54, 1.807) is 24.4 Å². The summed E-state index contributed by atoms with van der Waals surface area (Å²) in [7, 11) is 0. The first-order chi connectivity index (χ1) is 13.1. The molecule has 0 spiro atoms. The zero-order valence-corrected chi connectivity index (χ0v) is 14.9. The Bertz CT molecular complexity index is 1030. The Balaban J connectivity index is 1.65. The molecule has 136 valence electrons. The molecule has 0 radical (unpaired) electrons. The molecule has 1 saturated heterocycles. The van der Waals surface area contributed by atoms with Gasteiger partial charge in [0.2, 0.25) is 5.78 Å². The maximum Gasteiger partial charge on any atom is 0.291 e. The summed E-state index contributed by atoms with van der Waals surface area (Å²) < 4.78 is 0.